The van der Waals surface area contributed by atoms with Gasteiger partial charge in [-0.15, -0.1) is 0 Å². The number of ether oxygens (including phenoxy) is 1. The summed E-state index contributed by atoms with van der Waals surface area (Å²) in [5.74, 6) is 0.605. The molecule has 0 N–H and O–H groups in total. The summed E-state index contributed by atoms with van der Waals surface area (Å²) in [5.41, 5.74) is 1.37. The molecule has 0 aromatic rings. The van der Waals surface area contributed by atoms with Crippen LogP contribution in [-0.2, 0) is 4.74 Å². The molecule has 0 aromatic carbocycles. The van der Waals surface area contributed by atoms with Crippen LogP contribution in [-0.4, -0.2) is 13.7 Å². The number of methoxy groups -OCH3 is 1. The first kappa shape index (κ1) is 7.55. The first-order valence-corrected chi connectivity index (χ1v) is 3.67. The van der Waals surface area contributed by atoms with Gasteiger partial charge in [0.1, 0.15) is 0 Å². The van der Waals surface area contributed by atoms with E-state index in [-0.39, 0.29) is 0 Å². The molecule has 0 saturated heterocycles. The van der Waals surface area contributed by atoms with Gasteiger partial charge in [0.15, 0.2) is 0 Å². The largest absolute Gasteiger partial charge is 0.384 e. The van der Waals surface area contributed by atoms with Gasteiger partial charge in [0, 0.05) is 13.0 Å². The number of rotatable bonds is 2. The van der Waals surface area contributed by atoms with E-state index in [2.05, 4.69) is 25.2 Å². The SMILES string of the molecule is COCC1C=CC(C)=CC1. The zero-order valence-corrected chi connectivity index (χ0v) is 6.63. The zero-order chi connectivity index (χ0) is 7.40. The Balaban J connectivity index is 2.37. The molecule has 0 radical (unpaired) electrons. The summed E-state index contributed by atoms with van der Waals surface area (Å²) in [6, 6.07) is 0. The van der Waals surface area contributed by atoms with Crippen molar-refractivity contribution in [3.8, 4) is 0 Å². The van der Waals surface area contributed by atoms with E-state index in [1.54, 1.807) is 7.11 Å². The Bertz CT molecular complexity index is 156. The highest BCUT2D eigenvalue weighted by Crippen LogP contribution is 2.15. The molecular weight excluding hydrogens is 124 g/mol. The Morgan fingerprint density at radius 2 is 2.50 bits per heavy atom. The minimum absolute atomic E-state index is 0.605. The van der Waals surface area contributed by atoms with Crippen LogP contribution in [0.1, 0.15) is 13.3 Å². The van der Waals surface area contributed by atoms with Gasteiger partial charge >= 0.3 is 0 Å². The summed E-state index contributed by atoms with van der Waals surface area (Å²) in [5, 5.41) is 0. The van der Waals surface area contributed by atoms with Crippen molar-refractivity contribution in [3.05, 3.63) is 23.8 Å². The first-order valence-electron chi connectivity index (χ1n) is 3.67. The van der Waals surface area contributed by atoms with Gasteiger partial charge in [-0.2, -0.15) is 0 Å². The maximum absolute atomic E-state index is 5.04. The quantitative estimate of drug-likeness (QED) is 0.568. The van der Waals surface area contributed by atoms with E-state index in [1.807, 2.05) is 0 Å². The number of hydrogen-bond donors (Lipinski definition) is 0. The van der Waals surface area contributed by atoms with Gasteiger partial charge in [0.2, 0.25) is 0 Å². The highest BCUT2D eigenvalue weighted by molar-refractivity contribution is 5.21. The smallest absolute Gasteiger partial charge is 0.0528 e. The third-order valence-corrected chi connectivity index (χ3v) is 1.75. The van der Waals surface area contributed by atoms with Crippen LogP contribution in [0.25, 0.3) is 0 Å². The fourth-order valence-corrected chi connectivity index (χ4v) is 1.11. The molecule has 1 unspecified atom stereocenters. The molecule has 0 aliphatic heterocycles. The van der Waals surface area contributed by atoms with Gasteiger partial charge < -0.3 is 4.74 Å². The summed E-state index contributed by atoms with van der Waals surface area (Å²) in [6.45, 7) is 2.97. The second kappa shape index (κ2) is 3.57. The molecule has 56 valence electrons. The third kappa shape index (κ3) is 1.99. The highest BCUT2D eigenvalue weighted by Gasteiger charge is 2.04. The molecular formula is C9H14O. The van der Waals surface area contributed by atoms with Crippen molar-refractivity contribution in [1.82, 2.24) is 0 Å². The lowest BCUT2D eigenvalue weighted by atomic mass is 9.98. The van der Waals surface area contributed by atoms with Crippen LogP contribution in [0.2, 0.25) is 0 Å². The van der Waals surface area contributed by atoms with E-state index >= 15 is 0 Å². The maximum atomic E-state index is 5.04. The molecule has 0 saturated carbocycles. The van der Waals surface area contributed by atoms with Crippen LogP contribution in [0.3, 0.4) is 0 Å². The molecule has 1 heteroatoms. The average Bonchev–Trinajstić information content (AvgIpc) is 1.95. The van der Waals surface area contributed by atoms with Crippen LogP contribution in [0, 0.1) is 5.92 Å². The molecule has 0 heterocycles. The first-order chi connectivity index (χ1) is 4.83. The van der Waals surface area contributed by atoms with Gasteiger partial charge in [-0.05, 0) is 13.3 Å². The predicted molar refractivity (Wildman–Crippen MR) is 42.9 cm³/mol. The number of hydrogen-bond acceptors (Lipinski definition) is 1. The molecule has 0 bridgehead atoms. The fraction of sp³-hybridized carbons (Fsp3) is 0.556. The van der Waals surface area contributed by atoms with Crippen molar-refractivity contribution >= 4 is 0 Å². The molecule has 1 aliphatic carbocycles. The second-order valence-electron chi connectivity index (χ2n) is 2.76. The van der Waals surface area contributed by atoms with E-state index < -0.39 is 0 Å². The minimum Gasteiger partial charge on any atom is -0.384 e. The standard InChI is InChI=1S/C9H14O/c1-8-3-5-9(6-4-8)7-10-2/h3-5,9H,6-7H2,1-2H3. The van der Waals surface area contributed by atoms with E-state index in [4.69, 9.17) is 4.74 Å². The van der Waals surface area contributed by atoms with Crippen molar-refractivity contribution in [1.29, 1.82) is 0 Å². The minimum atomic E-state index is 0.605. The Morgan fingerprint density at radius 1 is 1.70 bits per heavy atom. The second-order valence-corrected chi connectivity index (χ2v) is 2.76. The molecule has 1 rings (SSSR count). The molecule has 0 spiro atoms. The van der Waals surface area contributed by atoms with Crippen LogP contribution in [0.4, 0.5) is 0 Å². The monoisotopic (exact) mass is 138 g/mol. The molecule has 1 atom stereocenters. The summed E-state index contributed by atoms with van der Waals surface area (Å²) >= 11 is 0. The van der Waals surface area contributed by atoms with Gasteiger partial charge in [-0.3, -0.25) is 0 Å². The third-order valence-electron chi connectivity index (χ3n) is 1.75. The summed E-state index contributed by atoms with van der Waals surface area (Å²) in [4.78, 5) is 0. The van der Waals surface area contributed by atoms with E-state index in [9.17, 15) is 0 Å². The van der Waals surface area contributed by atoms with Crippen LogP contribution in [0.5, 0.6) is 0 Å². The molecule has 0 fully saturated rings. The molecule has 10 heavy (non-hydrogen) atoms. The summed E-state index contributed by atoms with van der Waals surface area (Å²) in [7, 11) is 1.75. The van der Waals surface area contributed by atoms with Crippen molar-refractivity contribution in [2.45, 2.75) is 13.3 Å². The van der Waals surface area contributed by atoms with E-state index in [0.29, 0.717) is 5.92 Å². The van der Waals surface area contributed by atoms with Crippen molar-refractivity contribution in [3.63, 3.8) is 0 Å². The number of allylic oxidation sites excluding steroid dienone is 3. The van der Waals surface area contributed by atoms with E-state index in [0.717, 1.165) is 13.0 Å². The van der Waals surface area contributed by atoms with Crippen molar-refractivity contribution < 1.29 is 4.74 Å². The highest BCUT2D eigenvalue weighted by atomic mass is 16.5. The van der Waals surface area contributed by atoms with Crippen LogP contribution in [0.15, 0.2) is 23.8 Å². The van der Waals surface area contributed by atoms with Crippen molar-refractivity contribution in [2.24, 2.45) is 5.92 Å². The maximum Gasteiger partial charge on any atom is 0.0528 e. The Morgan fingerprint density at radius 3 is 3.00 bits per heavy atom. The normalized spacial score (nSPS) is 24.6. The van der Waals surface area contributed by atoms with Crippen LogP contribution < -0.4 is 0 Å². The molecule has 1 aliphatic rings. The summed E-state index contributed by atoms with van der Waals surface area (Å²) in [6.07, 6.45) is 7.77. The van der Waals surface area contributed by atoms with E-state index in [1.165, 1.54) is 5.57 Å². The van der Waals surface area contributed by atoms with Gasteiger partial charge in [-0.25, -0.2) is 0 Å². The fourth-order valence-electron chi connectivity index (χ4n) is 1.11. The molecule has 1 nitrogen and oxygen atoms in total. The predicted octanol–water partition coefficient (Wildman–Crippen LogP) is 2.16. The lowest BCUT2D eigenvalue weighted by Crippen LogP contribution is -2.06. The Hall–Kier alpha value is -0.560. The Labute approximate surface area is 62.4 Å². The lowest BCUT2D eigenvalue weighted by Gasteiger charge is -2.12. The van der Waals surface area contributed by atoms with Crippen LogP contribution >= 0.6 is 0 Å². The van der Waals surface area contributed by atoms with Gasteiger partial charge in [-0.1, -0.05) is 23.8 Å². The Kier molecular flexibility index (Phi) is 2.69. The lowest BCUT2D eigenvalue weighted by molar-refractivity contribution is 0.170. The van der Waals surface area contributed by atoms with Gasteiger partial charge in [0.25, 0.3) is 0 Å². The molecule has 0 aromatic heterocycles. The van der Waals surface area contributed by atoms with Crippen molar-refractivity contribution in [2.75, 3.05) is 13.7 Å². The molecule has 0 amide bonds. The summed E-state index contributed by atoms with van der Waals surface area (Å²) < 4.78 is 5.04. The van der Waals surface area contributed by atoms with Gasteiger partial charge in [0.05, 0.1) is 6.61 Å². The zero-order valence-electron chi connectivity index (χ0n) is 6.63. The average molecular weight is 138 g/mol. The topological polar surface area (TPSA) is 9.23 Å².